The molecule has 2 heteroatoms. The number of hydrogen-bond acceptors (Lipinski definition) is 2. The van der Waals surface area contributed by atoms with Crippen LogP contribution >= 0.6 is 0 Å². The molecule has 1 aliphatic rings. The fourth-order valence-electron chi connectivity index (χ4n) is 2.34. The van der Waals surface area contributed by atoms with Gasteiger partial charge in [0.05, 0.1) is 5.41 Å². The Labute approximate surface area is 84.1 Å². The maximum Gasteiger partial charge on any atom is 0.140 e. The van der Waals surface area contributed by atoms with Gasteiger partial charge in [-0.3, -0.25) is 4.79 Å². The quantitative estimate of drug-likeness (QED) is 0.782. The lowest BCUT2D eigenvalue weighted by Crippen LogP contribution is -2.23. The second kappa shape index (κ2) is 3.21. The van der Waals surface area contributed by atoms with Gasteiger partial charge in [-0.2, -0.15) is 0 Å². The van der Waals surface area contributed by atoms with Crippen LogP contribution in [0, 0.1) is 5.92 Å². The van der Waals surface area contributed by atoms with E-state index in [0.29, 0.717) is 12.5 Å². The monoisotopic (exact) mass is 189 g/mol. The third-order valence-corrected chi connectivity index (χ3v) is 3.31. The molecule has 0 radical (unpaired) electrons. The van der Waals surface area contributed by atoms with E-state index in [9.17, 15) is 4.79 Å². The Morgan fingerprint density at radius 1 is 1.50 bits per heavy atom. The average molecular weight is 189 g/mol. The minimum absolute atomic E-state index is 0.249. The van der Waals surface area contributed by atoms with Crippen molar-refractivity contribution >= 4 is 5.78 Å². The minimum atomic E-state index is -0.254. The van der Waals surface area contributed by atoms with Crippen molar-refractivity contribution in [1.82, 2.24) is 0 Å². The van der Waals surface area contributed by atoms with Gasteiger partial charge in [0.25, 0.3) is 0 Å². The van der Waals surface area contributed by atoms with Crippen molar-refractivity contribution in [3.05, 3.63) is 35.9 Å². The van der Waals surface area contributed by atoms with Crippen molar-refractivity contribution in [3.8, 4) is 0 Å². The number of ketones is 1. The molecule has 0 spiro atoms. The van der Waals surface area contributed by atoms with E-state index in [1.54, 1.807) is 6.92 Å². The molecular formula is C12H15NO. The summed E-state index contributed by atoms with van der Waals surface area (Å²) < 4.78 is 0. The van der Waals surface area contributed by atoms with Gasteiger partial charge < -0.3 is 5.73 Å². The van der Waals surface area contributed by atoms with Crippen molar-refractivity contribution < 1.29 is 4.79 Å². The summed E-state index contributed by atoms with van der Waals surface area (Å²) in [6.45, 7) is 2.27. The summed E-state index contributed by atoms with van der Waals surface area (Å²) in [5.41, 5.74) is 6.51. The van der Waals surface area contributed by atoms with Gasteiger partial charge in [-0.15, -0.1) is 0 Å². The Hall–Kier alpha value is -1.15. The highest BCUT2D eigenvalue weighted by molar-refractivity contribution is 5.91. The first-order chi connectivity index (χ1) is 6.71. The highest BCUT2D eigenvalue weighted by Crippen LogP contribution is 2.54. The number of hydrogen-bond donors (Lipinski definition) is 1. The Bertz CT molecular complexity index is 347. The Morgan fingerprint density at radius 3 is 2.57 bits per heavy atom. The standard InChI is InChI=1S/C12H15NO/c1-9(14)12(7-11(12)8-13)10-5-3-2-4-6-10/h2-6,11H,7-8,13H2,1H3/t11-,12+/m1/s1. The van der Waals surface area contributed by atoms with E-state index in [0.717, 1.165) is 12.0 Å². The Morgan fingerprint density at radius 2 is 2.14 bits per heavy atom. The van der Waals surface area contributed by atoms with Crippen LogP contribution in [-0.4, -0.2) is 12.3 Å². The number of Topliss-reactive ketones (excluding diaryl/α,β-unsaturated/α-hetero) is 1. The molecule has 1 aliphatic carbocycles. The summed E-state index contributed by atoms with van der Waals surface area (Å²) in [6.07, 6.45) is 0.919. The summed E-state index contributed by atoms with van der Waals surface area (Å²) in [5.74, 6) is 0.599. The Balaban J connectivity index is 2.36. The smallest absolute Gasteiger partial charge is 0.140 e. The molecule has 2 rings (SSSR count). The third kappa shape index (κ3) is 1.18. The summed E-state index contributed by atoms with van der Waals surface area (Å²) in [6, 6.07) is 9.98. The highest BCUT2D eigenvalue weighted by atomic mass is 16.1. The molecule has 0 saturated heterocycles. The summed E-state index contributed by atoms with van der Waals surface area (Å²) in [7, 11) is 0. The van der Waals surface area contributed by atoms with E-state index in [2.05, 4.69) is 0 Å². The van der Waals surface area contributed by atoms with Crippen molar-refractivity contribution in [1.29, 1.82) is 0 Å². The summed E-state index contributed by atoms with van der Waals surface area (Å²) in [5, 5.41) is 0. The average Bonchev–Trinajstić information content (AvgIpc) is 2.94. The van der Waals surface area contributed by atoms with Crippen molar-refractivity contribution in [2.75, 3.05) is 6.54 Å². The van der Waals surface area contributed by atoms with Crippen molar-refractivity contribution in [3.63, 3.8) is 0 Å². The van der Waals surface area contributed by atoms with Crippen LogP contribution in [-0.2, 0) is 10.2 Å². The molecule has 1 fully saturated rings. The number of nitrogens with two attached hydrogens (primary N) is 1. The lowest BCUT2D eigenvalue weighted by Gasteiger charge is -2.13. The second-order valence-electron chi connectivity index (χ2n) is 4.03. The van der Waals surface area contributed by atoms with Crippen LogP contribution in [0.3, 0.4) is 0 Å². The van der Waals surface area contributed by atoms with E-state index in [1.807, 2.05) is 30.3 Å². The molecule has 2 nitrogen and oxygen atoms in total. The van der Waals surface area contributed by atoms with Gasteiger partial charge in [0, 0.05) is 0 Å². The van der Waals surface area contributed by atoms with E-state index in [4.69, 9.17) is 5.73 Å². The largest absolute Gasteiger partial charge is 0.330 e. The van der Waals surface area contributed by atoms with E-state index in [-0.39, 0.29) is 11.2 Å². The number of rotatable bonds is 3. The van der Waals surface area contributed by atoms with Crippen LogP contribution in [0.25, 0.3) is 0 Å². The molecule has 0 heterocycles. The van der Waals surface area contributed by atoms with Crippen LogP contribution in [0.4, 0.5) is 0 Å². The first-order valence-corrected chi connectivity index (χ1v) is 4.98. The SMILES string of the molecule is CC(=O)[C@]1(c2ccccc2)C[C@@H]1CN. The second-order valence-corrected chi connectivity index (χ2v) is 4.03. The first-order valence-electron chi connectivity index (χ1n) is 4.98. The van der Waals surface area contributed by atoms with Crippen LogP contribution in [0.2, 0.25) is 0 Å². The highest BCUT2D eigenvalue weighted by Gasteiger charge is 2.57. The van der Waals surface area contributed by atoms with Crippen LogP contribution in [0.5, 0.6) is 0 Å². The molecule has 1 aromatic carbocycles. The van der Waals surface area contributed by atoms with Crippen molar-refractivity contribution in [2.45, 2.75) is 18.8 Å². The van der Waals surface area contributed by atoms with Gasteiger partial charge in [0.1, 0.15) is 5.78 Å². The van der Waals surface area contributed by atoms with E-state index >= 15 is 0 Å². The topological polar surface area (TPSA) is 43.1 Å². The van der Waals surface area contributed by atoms with Crippen LogP contribution in [0.1, 0.15) is 18.9 Å². The van der Waals surface area contributed by atoms with Gasteiger partial charge in [-0.1, -0.05) is 30.3 Å². The molecule has 74 valence electrons. The zero-order valence-electron chi connectivity index (χ0n) is 8.36. The maximum absolute atomic E-state index is 11.6. The fraction of sp³-hybridized carbons (Fsp3) is 0.417. The lowest BCUT2D eigenvalue weighted by molar-refractivity contribution is -0.119. The lowest BCUT2D eigenvalue weighted by atomic mass is 9.89. The fourth-order valence-corrected chi connectivity index (χ4v) is 2.34. The van der Waals surface area contributed by atoms with Gasteiger partial charge in [0.2, 0.25) is 0 Å². The molecule has 1 aromatic rings. The van der Waals surface area contributed by atoms with E-state index < -0.39 is 0 Å². The predicted molar refractivity (Wildman–Crippen MR) is 56.0 cm³/mol. The number of carbonyl (C=O) groups is 1. The number of carbonyl (C=O) groups excluding carboxylic acids is 1. The van der Waals surface area contributed by atoms with Gasteiger partial charge in [0.15, 0.2) is 0 Å². The molecule has 2 atom stereocenters. The molecule has 14 heavy (non-hydrogen) atoms. The minimum Gasteiger partial charge on any atom is -0.330 e. The Kier molecular flexibility index (Phi) is 2.16. The molecule has 0 amide bonds. The number of benzene rings is 1. The summed E-state index contributed by atoms with van der Waals surface area (Å²) >= 11 is 0. The molecule has 2 N–H and O–H groups in total. The molecule has 0 bridgehead atoms. The molecule has 0 unspecified atom stereocenters. The van der Waals surface area contributed by atoms with Gasteiger partial charge in [-0.05, 0) is 31.4 Å². The van der Waals surface area contributed by atoms with Crippen molar-refractivity contribution in [2.24, 2.45) is 11.7 Å². The van der Waals surface area contributed by atoms with Crippen LogP contribution in [0.15, 0.2) is 30.3 Å². The zero-order valence-corrected chi connectivity index (χ0v) is 8.36. The summed E-state index contributed by atoms with van der Waals surface area (Å²) in [4.78, 5) is 11.6. The predicted octanol–water partition coefficient (Wildman–Crippen LogP) is 1.49. The first kappa shape index (κ1) is 9.41. The maximum atomic E-state index is 11.6. The third-order valence-electron chi connectivity index (χ3n) is 3.31. The molecule has 0 aromatic heterocycles. The van der Waals surface area contributed by atoms with Gasteiger partial charge >= 0.3 is 0 Å². The molecule has 1 saturated carbocycles. The van der Waals surface area contributed by atoms with Crippen LogP contribution < -0.4 is 5.73 Å². The zero-order chi connectivity index (χ0) is 10.2. The van der Waals surface area contributed by atoms with E-state index in [1.165, 1.54) is 0 Å². The molecular weight excluding hydrogens is 174 g/mol. The normalized spacial score (nSPS) is 30.0. The molecule has 0 aliphatic heterocycles. The van der Waals surface area contributed by atoms with Gasteiger partial charge in [-0.25, -0.2) is 0 Å².